The molecule has 0 fully saturated rings. The standard InChI is InChI=1S/C23H22N4O3S/c1-15-11-18(19(28)14-31-23-25-24-22-9-5-6-10-26(22)23)16(2)27(15)12-17-13-29-20-7-3-4-8-21(20)30-17/h3-11,17H,12-14H2,1-2H3/t17-/m0/s1. The lowest BCUT2D eigenvalue weighted by Crippen LogP contribution is -2.33. The van der Waals surface area contributed by atoms with Crippen molar-refractivity contribution in [3.05, 3.63) is 71.7 Å². The number of carbonyl (C=O) groups excluding carboxylic acids is 1. The van der Waals surface area contributed by atoms with E-state index < -0.39 is 0 Å². The van der Waals surface area contributed by atoms with E-state index in [0.29, 0.717) is 24.1 Å². The minimum atomic E-state index is -0.112. The first kappa shape index (κ1) is 19.7. The highest BCUT2D eigenvalue weighted by Crippen LogP contribution is 2.31. The van der Waals surface area contributed by atoms with Crippen LogP contribution in [0.25, 0.3) is 5.65 Å². The Balaban J connectivity index is 1.29. The fourth-order valence-corrected chi connectivity index (χ4v) is 4.65. The Morgan fingerprint density at radius 2 is 1.94 bits per heavy atom. The van der Waals surface area contributed by atoms with E-state index in [1.54, 1.807) is 0 Å². The summed E-state index contributed by atoms with van der Waals surface area (Å²) in [5.41, 5.74) is 3.47. The molecule has 0 radical (unpaired) electrons. The van der Waals surface area contributed by atoms with Gasteiger partial charge in [-0.25, -0.2) is 0 Å². The second kappa shape index (κ2) is 8.11. The van der Waals surface area contributed by atoms with E-state index in [-0.39, 0.29) is 11.9 Å². The first-order valence-corrected chi connectivity index (χ1v) is 11.1. The summed E-state index contributed by atoms with van der Waals surface area (Å²) in [5, 5.41) is 9.04. The molecule has 0 spiro atoms. The summed E-state index contributed by atoms with van der Waals surface area (Å²) in [6.07, 6.45) is 1.79. The number of para-hydroxylation sites is 2. The molecule has 0 N–H and O–H groups in total. The Hall–Kier alpha value is -3.26. The number of aromatic nitrogens is 4. The van der Waals surface area contributed by atoms with Crippen molar-refractivity contribution >= 4 is 23.2 Å². The third kappa shape index (κ3) is 3.79. The number of Topliss-reactive ketones (excluding diaryl/α,β-unsaturated/α-hetero) is 1. The van der Waals surface area contributed by atoms with E-state index in [4.69, 9.17) is 9.47 Å². The van der Waals surface area contributed by atoms with Crippen molar-refractivity contribution in [1.82, 2.24) is 19.2 Å². The van der Waals surface area contributed by atoms with Crippen LogP contribution in [-0.2, 0) is 6.54 Å². The van der Waals surface area contributed by atoms with Crippen molar-refractivity contribution in [3.63, 3.8) is 0 Å². The number of carbonyl (C=O) groups is 1. The Morgan fingerprint density at radius 1 is 1.13 bits per heavy atom. The zero-order valence-electron chi connectivity index (χ0n) is 17.3. The van der Waals surface area contributed by atoms with Crippen LogP contribution in [-0.4, -0.2) is 43.4 Å². The maximum atomic E-state index is 13.0. The maximum absolute atomic E-state index is 13.0. The molecule has 0 amide bonds. The molecule has 158 valence electrons. The summed E-state index contributed by atoms with van der Waals surface area (Å²) in [5.74, 6) is 1.90. The molecule has 0 saturated carbocycles. The number of ketones is 1. The highest BCUT2D eigenvalue weighted by Gasteiger charge is 2.24. The molecular weight excluding hydrogens is 412 g/mol. The quantitative estimate of drug-likeness (QED) is 0.338. The van der Waals surface area contributed by atoms with E-state index in [1.165, 1.54) is 11.8 Å². The van der Waals surface area contributed by atoms with Crippen LogP contribution < -0.4 is 9.47 Å². The Bertz CT molecular complexity index is 1260. The average Bonchev–Trinajstić information content (AvgIpc) is 3.33. The number of ether oxygens (including phenoxy) is 2. The number of rotatable bonds is 6. The molecule has 0 saturated heterocycles. The molecule has 1 aliphatic rings. The molecule has 4 heterocycles. The Morgan fingerprint density at radius 3 is 2.81 bits per heavy atom. The molecule has 0 aliphatic carbocycles. The lowest BCUT2D eigenvalue weighted by atomic mass is 10.2. The van der Waals surface area contributed by atoms with Gasteiger partial charge in [0.05, 0.1) is 12.3 Å². The molecule has 4 aromatic rings. The van der Waals surface area contributed by atoms with E-state index in [9.17, 15) is 4.79 Å². The minimum Gasteiger partial charge on any atom is -0.486 e. The highest BCUT2D eigenvalue weighted by molar-refractivity contribution is 7.99. The minimum absolute atomic E-state index is 0.0724. The van der Waals surface area contributed by atoms with Gasteiger partial charge in [0.2, 0.25) is 0 Å². The maximum Gasteiger partial charge on any atom is 0.196 e. The van der Waals surface area contributed by atoms with Gasteiger partial charge in [-0.05, 0) is 44.2 Å². The fourth-order valence-electron chi connectivity index (χ4n) is 3.85. The third-order valence-corrected chi connectivity index (χ3v) is 6.39. The summed E-state index contributed by atoms with van der Waals surface area (Å²) >= 11 is 1.40. The van der Waals surface area contributed by atoms with Crippen molar-refractivity contribution in [3.8, 4) is 11.5 Å². The van der Waals surface area contributed by atoms with E-state index in [1.807, 2.05) is 73.0 Å². The SMILES string of the molecule is Cc1cc(C(=O)CSc2nnc3ccccn23)c(C)n1C[C@H]1COc2ccccc2O1. The van der Waals surface area contributed by atoms with E-state index >= 15 is 0 Å². The van der Waals surface area contributed by atoms with Gasteiger partial charge in [-0.2, -0.15) is 0 Å². The van der Waals surface area contributed by atoms with Gasteiger partial charge in [-0.1, -0.05) is 30.0 Å². The van der Waals surface area contributed by atoms with Crippen molar-refractivity contribution in [2.75, 3.05) is 12.4 Å². The average molecular weight is 435 g/mol. The van der Waals surface area contributed by atoms with Crippen LogP contribution in [0.1, 0.15) is 21.7 Å². The predicted molar refractivity (Wildman–Crippen MR) is 118 cm³/mol. The van der Waals surface area contributed by atoms with Crippen molar-refractivity contribution < 1.29 is 14.3 Å². The summed E-state index contributed by atoms with van der Waals surface area (Å²) in [6, 6.07) is 15.4. The van der Waals surface area contributed by atoms with Crippen LogP contribution in [0.3, 0.4) is 0 Å². The number of hydrogen-bond acceptors (Lipinski definition) is 6. The van der Waals surface area contributed by atoms with Gasteiger partial charge in [0.15, 0.2) is 34.2 Å². The van der Waals surface area contributed by atoms with Gasteiger partial charge in [0.25, 0.3) is 0 Å². The van der Waals surface area contributed by atoms with Crippen molar-refractivity contribution in [2.45, 2.75) is 31.7 Å². The number of nitrogens with zero attached hydrogens (tertiary/aromatic N) is 4. The first-order chi connectivity index (χ1) is 15.1. The monoisotopic (exact) mass is 434 g/mol. The second-order valence-corrected chi connectivity index (χ2v) is 8.46. The summed E-state index contributed by atoms with van der Waals surface area (Å²) in [7, 11) is 0. The molecule has 8 heteroatoms. The third-order valence-electron chi connectivity index (χ3n) is 5.44. The van der Waals surface area contributed by atoms with Crippen molar-refractivity contribution in [2.24, 2.45) is 0 Å². The number of thioether (sulfide) groups is 1. The zero-order valence-corrected chi connectivity index (χ0v) is 18.1. The van der Waals surface area contributed by atoms with Gasteiger partial charge in [-0.3, -0.25) is 9.20 Å². The van der Waals surface area contributed by atoms with Gasteiger partial charge >= 0.3 is 0 Å². The lowest BCUT2D eigenvalue weighted by molar-refractivity contribution is 0.0777. The highest BCUT2D eigenvalue weighted by atomic mass is 32.2. The van der Waals surface area contributed by atoms with E-state index in [0.717, 1.165) is 34.1 Å². The molecule has 5 rings (SSSR count). The smallest absolute Gasteiger partial charge is 0.196 e. The van der Waals surface area contributed by atoms with Gasteiger partial charge < -0.3 is 14.0 Å². The normalized spacial score (nSPS) is 15.4. The molecule has 0 unspecified atom stereocenters. The molecule has 31 heavy (non-hydrogen) atoms. The second-order valence-electron chi connectivity index (χ2n) is 7.52. The lowest BCUT2D eigenvalue weighted by Gasteiger charge is -2.27. The number of pyridine rings is 1. The fraction of sp³-hybridized carbons (Fsp3) is 0.261. The summed E-state index contributed by atoms with van der Waals surface area (Å²) < 4.78 is 16.0. The van der Waals surface area contributed by atoms with Gasteiger partial charge in [0, 0.05) is 23.1 Å². The van der Waals surface area contributed by atoms with Gasteiger partial charge in [-0.15, -0.1) is 10.2 Å². The first-order valence-electron chi connectivity index (χ1n) is 10.1. The number of aryl methyl sites for hydroxylation is 1. The number of benzene rings is 1. The molecule has 0 bridgehead atoms. The van der Waals surface area contributed by atoms with Crippen LogP contribution in [0.15, 0.2) is 59.9 Å². The van der Waals surface area contributed by atoms with Crippen LogP contribution in [0.4, 0.5) is 0 Å². The Kier molecular flexibility index (Phi) is 5.15. The molecule has 7 nitrogen and oxygen atoms in total. The van der Waals surface area contributed by atoms with Crippen LogP contribution in [0, 0.1) is 13.8 Å². The number of fused-ring (bicyclic) bond motifs is 2. The molecule has 1 atom stereocenters. The number of hydrogen-bond donors (Lipinski definition) is 0. The summed E-state index contributed by atoms with van der Waals surface area (Å²) in [4.78, 5) is 13.0. The predicted octanol–water partition coefficient (Wildman–Crippen LogP) is 3.96. The molecule has 3 aromatic heterocycles. The largest absolute Gasteiger partial charge is 0.486 e. The molecule has 1 aliphatic heterocycles. The van der Waals surface area contributed by atoms with Gasteiger partial charge in [0.1, 0.15) is 6.61 Å². The van der Waals surface area contributed by atoms with Crippen LogP contribution in [0.2, 0.25) is 0 Å². The molecular formula is C23H22N4O3S. The van der Waals surface area contributed by atoms with Crippen LogP contribution in [0.5, 0.6) is 11.5 Å². The zero-order chi connectivity index (χ0) is 21.4. The topological polar surface area (TPSA) is 70.7 Å². The van der Waals surface area contributed by atoms with E-state index in [2.05, 4.69) is 14.8 Å². The summed E-state index contributed by atoms with van der Waals surface area (Å²) in [6.45, 7) is 5.10. The van der Waals surface area contributed by atoms with Crippen LogP contribution >= 0.6 is 11.8 Å². The Labute approximate surface area is 184 Å². The van der Waals surface area contributed by atoms with Crippen molar-refractivity contribution in [1.29, 1.82) is 0 Å². The molecule has 1 aromatic carbocycles.